The minimum atomic E-state index is -0.535. The predicted molar refractivity (Wildman–Crippen MR) is 75.4 cm³/mol. The topological polar surface area (TPSA) is 80.9 Å². The Morgan fingerprint density at radius 2 is 2.10 bits per heavy atom. The molecule has 7 nitrogen and oxygen atoms in total. The molecular formula is C14H18N4O3. The molecule has 4 rings (SSSR count). The van der Waals surface area contributed by atoms with E-state index in [1.165, 1.54) is 0 Å². The number of aromatic nitrogens is 3. The van der Waals surface area contributed by atoms with Crippen LogP contribution in [0.2, 0.25) is 0 Å². The maximum atomic E-state index is 9.82. The summed E-state index contributed by atoms with van der Waals surface area (Å²) < 4.78 is 13.1. The smallest absolute Gasteiger partial charge is 0.157 e. The van der Waals surface area contributed by atoms with Crippen LogP contribution >= 0.6 is 0 Å². The number of aliphatic hydroxyl groups is 1. The molecule has 0 aromatic carbocycles. The summed E-state index contributed by atoms with van der Waals surface area (Å²) >= 11 is 0. The summed E-state index contributed by atoms with van der Waals surface area (Å²) in [5, 5.41) is 17.6. The van der Waals surface area contributed by atoms with Crippen molar-refractivity contribution in [2.24, 2.45) is 0 Å². The Morgan fingerprint density at radius 1 is 1.29 bits per heavy atom. The van der Waals surface area contributed by atoms with Crippen LogP contribution in [0.4, 0.5) is 5.82 Å². The molecule has 0 bridgehead atoms. The van der Waals surface area contributed by atoms with Gasteiger partial charge in [-0.3, -0.25) is 0 Å². The Hall–Kier alpha value is -1.70. The van der Waals surface area contributed by atoms with Crippen LogP contribution in [0.1, 0.15) is 11.3 Å². The molecule has 0 radical (unpaired) electrons. The lowest BCUT2D eigenvalue weighted by Crippen LogP contribution is -2.36. The monoisotopic (exact) mass is 290 g/mol. The molecule has 2 aliphatic rings. The first kappa shape index (κ1) is 13.0. The molecule has 112 valence electrons. The average molecular weight is 290 g/mol. The highest BCUT2D eigenvalue weighted by molar-refractivity contribution is 5.55. The molecule has 2 aliphatic heterocycles. The third kappa shape index (κ3) is 1.92. The largest absolute Gasteiger partial charge is 0.388 e. The van der Waals surface area contributed by atoms with Gasteiger partial charge in [-0.15, -0.1) is 0 Å². The normalized spacial score (nSPS) is 31.8. The fraction of sp³-hybridized carbons (Fsp3) is 0.571. The van der Waals surface area contributed by atoms with E-state index in [0.717, 1.165) is 22.7 Å². The van der Waals surface area contributed by atoms with Gasteiger partial charge < -0.3 is 19.9 Å². The van der Waals surface area contributed by atoms with E-state index in [-0.39, 0.29) is 18.2 Å². The maximum Gasteiger partial charge on any atom is 0.157 e. The van der Waals surface area contributed by atoms with Crippen LogP contribution in [0.25, 0.3) is 5.65 Å². The minimum absolute atomic E-state index is 0.0000463. The SMILES string of the molecule is Cc1nc2ccnn2c(N[C@H]2CO[C@H]3[C@@H]2OC[C@H]3O)c1C. The van der Waals surface area contributed by atoms with Crippen LogP contribution in [0, 0.1) is 13.8 Å². The highest BCUT2D eigenvalue weighted by Gasteiger charge is 2.47. The first-order valence-corrected chi connectivity index (χ1v) is 7.14. The van der Waals surface area contributed by atoms with E-state index in [0.29, 0.717) is 13.2 Å². The zero-order valence-corrected chi connectivity index (χ0v) is 12.0. The first-order chi connectivity index (χ1) is 10.1. The molecule has 0 unspecified atom stereocenters. The molecule has 0 amide bonds. The van der Waals surface area contributed by atoms with Gasteiger partial charge in [-0.25, -0.2) is 4.98 Å². The van der Waals surface area contributed by atoms with Gasteiger partial charge in [0.15, 0.2) is 5.65 Å². The maximum absolute atomic E-state index is 9.82. The Kier molecular flexibility index (Phi) is 2.88. The summed E-state index contributed by atoms with van der Waals surface area (Å²) in [6.45, 7) is 4.84. The van der Waals surface area contributed by atoms with E-state index in [9.17, 15) is 5.11 Å². The van der Waals surface area contributed by atoms with Crippen LogP contribution in [-0.4, -0.2) is 57.3 Å². The summed E-state index contributed by atoms with van der Waals surface area (Å²) in [4.78, 5) is 4.51. The molecule has 0 spiro atoms. The van der Waals surface area contributed by atoms with Crippen molar-refractivity contribution in [3.05, 3.63) is 23.5 Å². The lowest BCUT2D eigenvalue weighted by molar-refractivity contribution is 0.0184. The Bertz CT molecular complexity index is 686. The molecule has 0 saturated carbocycles. The number of aliphatic hydroxyl groups excluding tert-OH is 1. The van der Waals surface area contributed by atoms with E-state index < -0.39 is 6.10 Å². The van der Waals surface area contributed by atoms with Gasteiger partial charge in [-0.2, -0.15) is 9.61 Å². The predicted octanol–water partition coefficient (Wildman–Crippen LogP) is 0.285. The number of nitrogens with zero attached hydrogens (tertiary/aromatic N) is 3. The van der Waals surface area contributed by atoms with Crippen molar-refractivity contribution in [2.45, 2.75) is 38.2 Å². The molecule has 2 N–H and O–H groups in total. The quantitative estimate of drug-likeness (QED) is 0.827. The van der Waals surface area contributed by atoms with E-state index in [1.807, 2.05) is 19.9 Å². The molecule has 7 heteroatoms. The van der Waals surface area contributed by atoms with E-state index in [4.69, 9.17) is 9.47 Å². The van der Waals surface area contributed by atoms with Crippen molar-refractivity contribution in [3.8, 4) is 0 Å². The molecule has 21 heavy (non-hydrogen) atoms. The van der Waals surface area contributed by atoms with Crippen molar-refractivity contribution < 1.29 is 14.6 Å². The number of fused-ring (bicyclic) bond motifs is 2. The zero-order chi connectivity index (χ0) is 14.6. The summed E-state index contributed by atoms with van der Waals surface area (Å²) in [7, 11) is 0. The molecule has 2 saturated heterocycles. The molecule has 2 fully saturated rings. The summed E-state index contributed by atoms with van der Waals surface area (Å²) in [6.07, 6.45) is 0.833. The number of nitrogens with one attached hydrogen (secondary N) is 1. The van der Waals surface area contributed by atoms with Gasteiger partial charge in [-0.05, 0) is 13.8 Å². The molecule has 2 aromatic rings. The molecule has 2 aromatic heterocycles. The van der Waals surface area contributed by atoms with Crippen molar-refractivity contribution in [3.63, 3.8) is 0 Å². The van der Waals surface area contributed by atoms with Gasteiger partial charge >= 0.3 is 0 Å². The lowest BCUT2D eigenvalue weighted by Gasteiger charge is -2.21. The number of hydrogen-bond donors (Lipinski definition) is 2. The van der Waals surface area contributed by atoms with Crippen molar-refractivity contribution in [1.82, 2.24) is 14.6 Å². The second-order valence-corrected chi connectivity index (χ2v) is 5.69. The first-order valence-electron chi connectivity index (χ1n) is 7.14. The Balaban J connectivity index is 1.69. The van der Waals surface area contributed by atoms with E-state index in [2.05, 4.69) is 15.4 Å². The molecule has 4 atom stereocenters. The average Bonchev–Trinajstić information content (AvgIpc) is 3.14. The fourth-order valence-electron chi connectivity index (χ4n) is 3.09. The molecule has 4 heterocycles. The van der Waals surface area contributed by atoms with Crippen LogP contribution < -0.4 is 5.32 Å². The van der Waals surface area contributed by atoms with Crippen molar-refractivity contribution in [2.75, 3.05) is 18.5 Å². The summed E-state index contributed by atoms with van der Waals surface area (Å²) in [5.41, 5.74) is 2.82. The van der Waals surface area contributed by atoms with Crippen LogP contribution in [0.15, 0.2) is 12.3 Å². The van der Waals surface area contributed by atoms with E-state index in [1.54, 1.807) is 10.7 Å². The van der Waals surface area contributed by atoms with Gasteiger partial charge in [0.1, 0.15) is 24.1 Å². The summed E-state index contributed by atoms with van der Waals surface area (Å²) in [5.74, 6) is 0.904. The highest BCUT2D eigenvalue weighted by Crippen LogP contribution is 2.30. The van der Waals surface area contributed by atoms with Gasteiger partial charge in [-0.1, -0.05) is 0 Å². The Labute approximate surface area is 121 Å². The Morgan fingerprint density at radius 3 is 2.95 bits per heavy atom. The van der Waals surface area contributed by atoms with Crippen molar-refractivity contribution in [1.29, 1.82) is 0 Å². The number of aryl methyl sites for hydroxylation is 1. The van der Waals surface area contributed by atoms with Crippen LogP contribution in [-0.2, 0) is 9.47 Å². The number of rotatable bonds is 2. The van der Waals surface area contributed by atoms with Gasteiger partial charge in [0.2, 0.25) is 0 Å². The van der Waals surface area contributed by atoms with E-state index >= 15 is 0 Å². The standard InChI is InChI=1S/C14H18N4O3/c1-7-8(2)16-11-3-4-15-18(11)14(7)17-9-5-20-13-10(19)6-21-12(9)13/h3-4,9-10,12-13,17,19H,5-6H2,1-2H3/t9-,10+,12+,13+/m0/s1. The third-order valence-corrected chi connectivity index (χ3v) is 4.36. The number of ether oxygens (including phenoxy) is 2. The van der Waals surface area contributed by atoms with Crippen molar-refractivity contribution >= 4 is 11.5 Å². The summed E-state index contributed by atoms with van der Waals surface area (Å²) in [6, 6.07) is 1.88. The van der Waals surface area contributed by atoms with Gasteiger partial charge in [0.25, 0.3) is 0 Å². The number of hydrogen-bond acceptors (Lipinski definition) is 6. The molecule has 0 aliphatic carbocycles. The lowest BCUT2D eigenvalue weighted by atomic mass is 10.1. The van der Waals surface area contributed by atoms with Gasteiger partial charge in [0, 0.05) is 17.3 Å². The van der Waals surface area contributed by atoms with Crippen LogP contribution in [0.3, 0.4) is 0 Å². The highest BCUT2D eigenvalue weighted by atomic mass is 16.6. The minimum Gasteiger partial charge on any atom is -0.388 e. The fourth-order valence-corrected chi connectivity index (χ4v) is 3.09. The third-order valence-electron chi connectivity index (χ3n) is 4.36. The molecular weight excluding hydrogens is 272 g/mol. The second-order valence-electron chi connectivity index (χ2n) is 5.69. The number of anilines is 1. The second kappa shape index (κ2) is 4.66. The van der Waals surface area contributed by atoms with Gasteiger partial charge in [0.05, 0.1) is 25.5 Å². The van der Waals surface area contributed by atoms with Crippen LogP contribution in [0.5, 0.6) is 0 Å². The zero-order valence-electron chi connectivity index (χ0n) is 12.0.